The van der Waals surface area contributed by atoms with Crippen LogP contribution in [0.15, 0.2) is 0 Å². The summed E-state index contributed by atoms with van der Waals surface area (Å²) in [6, 6.07) is 0. The molecule has 0 aromatic rings. The van der Waals surface area contributed by atoms with Crippen LogP contribution in [0.3, 0.4) is 0 Å². The lowest BCUT2D eigenvalue weighted by molar-refractivity contribution is 0.282. The van der Waals surface area contributed by atoms with Gasteiger partial charge in [-0.25, -0.2) is 0 Å². The van der Waals surface area contributed by atoms with Gasteiger partial charge in [0.25, 0.3) is 0 Å². The molecular formula is C11H26BN. The summed E-state index contributed by atoms with van der Waals surface area (Å²) in [5.74, 6) is 0.733. The van der Waals surface area contributed by atoms with Crippen molar-refractivity contribution in [1.29, 1.82) is 0 Å². The van der Waals surface area contributed by atoms with Gasteiger partial charge in [0, 0.05) is 5.54 Å². The van der Waals surface area contributed by atoms with Crippen LogP contribution < -0.4 is 0 Å². The molecule has 1 nitrogen and oxygen atoms in total. The van der Waals surface area contributed by atoms with Crippen LogP contribution in [0.5, 0.6) is 0 Å². The van der Waals surface area contributed by atoms with Crippen molar-refractivity contribution in [2.24, 2.45) is 5.41 Å². The summed E-state index contributed by atoms with van der Waals surface area (Å²) in [6.07, 6.45) is 0. The minimum atomic E-state index is 0.291. The van der Waals surface area contributed by atoms with Crippen LogP contribution in [0.4, 0.5) is 0 Å². The van der Waals surface area contributed by atoms with E-state index in [-0.39, 0.29) is 0 Å². The Morgan fingerprint density at radius 2 is 1.38 bits per heavy atom. The quantitative estimate of drug-likeness (QED) is 0.595. The largest absolute Gasteiger partial charge is 0.343 e. The summed E-state index contributed by atoms with van der Waals surface area (Å²) in [4.78, 5) is 2.43. The molecule has 0 amide bonds. The SMILES string of the molecule is CC(BN(C)C(C)(C)C)C(C)(C)C. The van der Waals surface area contributed by atoms with E-state index in [1.165, 1.54) is 7.41 Å². The molecule has 1 atom stereocenters. The molecule has 0 aromatic heterocycles. The molecule has 0 radical (unpaired) electrons. The van der Waals surface area contributed by atoms with Gasteiger partial charge < -0.3 is 4.81 Å². The van der Waals surface area contributed by atoms with E-state index >= 15 is 0 Å². The molecule has 0 N–H and O–H groups in total. The van der Waals surface area contributed by atoms with Gasteiger partial charge in [0.2, 0.25) is 7.41 Å². The zero-order valence-electron chi connectivity index (χ0n) is 10.7. The van der Waals surface area contributed by atoms with Gasteiger partial charge in [-0.1, -0.05) is 27.7 Å². The maximum absolute atomic E-state index is 2.43. The average Bonchev–Trinajstić information content (AvgIpc) is 1.82. The summed E-state index contributed by atoms with van der Waals surface area (Å²) in [6.45, 7) is 16.1. The molecule has 0 bridgehead atoms. The van der Waals surface area contributed by atoms with Crippen molar-refractivity contribution >= 4 is 7.41 Å². The molecule has 0 aliphatic heterocycles. The van der Waals surface area contributed by atoms with Crippen LogP contribution in [0, 0.1) is 5.41 Å². The molecule has 0 saturated carbocycles. The van der Waals surface area contributed by atoms with E-state index in [4.69, 9.17) is 0 Å². The Morgan fingerprint density at radius 3 is 1.62 bits per heavy atom. The fraction of sp³-hybridized carbons (Fsp3) is 1.00. The lowest BCUT2D eigenvalue weighted by Crippen LogP contribution is -2.43. The highest BCUT2D eigenvalue weighted by atomic mass is 15.1. The summed E-state index contributed by atoms with van der Waals surface area (Å²) in [5, 5.41) is 0. The number of hydrogen-bond acceptors (Lipinski definition) is 1. The molecule has 2 heteroatoms. The highest BCUT2D eigenvalue weighted by molar-refractivity contribution is 6.34. The van der Waals surface area contributed by atoms with Crippen LogP contribution in [-0.4, -0.2) is 24.8 Å². The zero-order valence-corrected chi connectivity index (χ0v) is 10.7. The van der Waals surface area contributed by atoms with E-state index < -0.39 is 0 Å². The van der Waals surface area contributed by atoms with Crippen molar-refractivity contribution in [3.8, 4) is 0 Å². The van der Waals surface area contributed by atoms with Gasteiger partial charge in [0.1, 0.15) is 0 Å². The highest BCUT2D eigenvalue weighted by Gasteiger charge is 2.26. The standard InChI is InChI=1S/C11H26BN/c1-9(10(2,3)4)12-13(8)11(5,6)7/h9,12H,1-8H3. The lowest BCUT2D eigenvalue weighted by Gasteiger charge is -2.37. The number of hydrogen-bond donors (Lipinski definition) is 0. The summed E-state index contributed by atoms with van der Waals surface area (Å²) < 4.78 is 0. The van der Waals surface area contributed by atoms with Crippen LogP contribution in [0.2, 0.25) is 5.82 Å². The molecule has 0 aliphatic rings. The molecule has 0 spiro atoms. The molecular weight excluding hydrogens is 157 g/mol. The van der Waals surface area contributed by atoms with Crippen LogP contribution >= 0.6 is 0 Å². The summed E-state index contributed by atoms with van der Waals surface area (Å²) >= 11 is 0. The monoisotopic (exact) mass is 183 g/mol. The van der Waals surface area contributed by atoms with Crippen LogP contribution in [-0.2, 0) is 0 Å². The van der Waals surface area contributed by atoms with Gasteiger partial charge in [-0.05, 0) is 39.1 Å². The van der Waals surface area contributed by atoms with E-state index in [0.29, 0.717) is 11.0 Å². The fourth-order valence-corrected chi connectivity index (χ4v) is 0.959. The minimum absolute atomic E-state index is 0.291. The summed E-state index contributed by atoms with van der Waals surface area (Å²) in [7, 11) is 3.38. The van der Waals surface area contributed by atoms with Crippen LogP contribution in [0.1, 0.15) is 48.5 Å². The second-order valence-corrected chi connectivity index (χ2v) is 6.32. The first kappa shape index (κ1) is 13.0. The van der Waals surface area contributed by atoms with E-state index in [0.717, 1.165) is 5.82 Å². The first-order valence-corrected chi connectivity index (χ1v) is 5.26. The van der Waals surface area contributed by atoms with Gasteiger partial charge >= 0.3 is 0 Å². The Hall–Kier alpha value is 0.0249. The third-order valence-corrected chi connectivity index (χ3v) is 3.17. The van der Waals surface area contributed by atoms with Crippen molar-refractivity contribution in [3.05, 3.63) is 0 Å². The molecule has 1 unspecified atom stereocenters. The van der Waals surface area contributed by atoms with Gasteiger partial charge in [-0.2, -0.15) is 0 Å². The number of rotatable bonds is 2. The number of nitrogens with zero attached hydrogens (tertiary/aromatic N) is 1. The molecule has 0 aliphatic carbocycles. The molecule has 0 saturated heterocycles. The van der Waals surface area contributed by atoms with E-state index in [2.05, 4.69) is 60.3 Å². The Labute approximate surface area is 85.2 Å². The van der Waals surface area contributed by atoms with Crippen molar-refractivity contribution in [2.45, 2.75) is 59.8 Å². The Kier molecular flexibility index (Phi) is 4.05. The topological polar surface area (TPSA) is 3.24 Å². The van der Waals surface area contributed by atoms with Gasteiger partial charge in [-0.3, -0.25) is 0 Å². The van der Waals surface area contributed by atoms with Crippen molar-refractivity contribution < 1.29 is 0 Å². The second kappa shape index (κ2) is 4.04. The molecule has 0 aromatic carbocycles. The third-order valence-electron chi connectivity index (χ3n) is 3.17. The normalized spacial score (nSPS) is 16.1. The van der Waals surface area contributed by atoms with Crippen LogP contribution in [0.25, 0.3) is 0 Å². The van der Waals surface area contributed by atoms with Gasteiger partial charge in [-0.15, -0.1) is 0 Å². The Morgan fingerprint density at radius 1 is 1.00 bits per heavy atom. The van der Waals surface area contributed by atoms with Gasteiger partial charge in [0.15, 0.2) is 0 Å². The Bertz CT molecular complexity index is 134. The first-order chi connectivity index (χ1) is 5.55. The fourth-order valence-electron chi connectivity index (χ4n) is 0.959. The Balaban J connectivity index is 4.15. The van der Waals surface area contributed by atoms with Crippen molar-refractivity contribution in [2.75, 3.05) is 7.05 Å². The van der Waals surface area contributed by atoms with E-state index in [1.807, 2.05) is 0 Å². The molecule has 0 fully saturated rings. The molecule has 0 rings (SSSR count). The highest BCUT2D eigenvalue weighted by Crippen LogP contribution is 2.31. The maximum atomic E-state index is 2.43. The zero-order chi connectivity index (χ0) is 10.9. The van der Waals surface area contributed by atoms with Crippen molar-refractivity contribution in [1.82, 2.24) is 4.81 Å². The molecule has 0 heterocycles. The molecule has 13 heavy (non-hydrogen) atoms. The lowest BCUT2D eigenvalue weighted by atomic mass is 9.61. The minimum Gasteiger partial charge on any atom is -0.343 e. The average molecular weight is 183 g/mol. The molecule has 78 valence electrons. The van der Waals surface area contributed by atoms with Crippen molar-refractivity contribution in [3.63, 3.8) is 0 Å². The predicted molar refractivity (Wildman–Crippen MR) is 63.5 cm³/mol. The maximum Gasteiger partial charge on any atom is 0.207 e. The second-order valence-electron chi connectivity index (χ2n) is 6.32. The smallest absolute Gasteiger partial charge is 0.207 e. The summed E-state index contributed by atoms with van der Waals surface area (Å²) in [5.41, 5.74) is 0.707. The van der Waals surface area contributed by atoms with E-state index in [1.54, 1.807) is 0 Å². The predicted octanol–water partition coefficient (Wildman–Crippen LogP) is 2.92. The van der Waals surface area contributed by atoms with Gasteiger partial charge in [0.05, 0.1) is 0 Å². The third kappa shape index (κ3) is 4.71. The first-order valence-electron chi connectivity index (χ1n) is 5.26. The van der Waals surface area contributed by atoms with E-state index in [9.17, 15) is 0 Å².